The normalized spacial score (nSPS) is 11.3. The summed E-state index contributed by atoms with van der Waals surface area (Å²) in [6.07, 6.45) is -0.703. The van der Waals surface area contributed by atoms with E-state index in [1.807, 2.05) is 54.6 Å². The van der Waals surface area contributed by atoms with Gasteiger partial charge in [0.2, 0.25) is 5.91 Å². The van der Waals surface area contributed by atoms with Gasteiger partial charge in [-0.25, -0.2) is 9.59 Å². The summed E-state index contributed by atoms with van der Waals surface area (Å²) >= 11 is 9.96. The van der Waals surface area contributed by atoms with E-state index in [-0.39, 0.29) is 19.7 Å². The number of carbonyl (C=O) groups excluding carboxylic acids is 3. The van der Waals surface area contributed by atoms with Crippen LogP contribution >= 0.6 is 27.5 Å². The van der Waals surface area contributed by atoms with Gasteiger partial charge in [0.15, 0.2) is 6.54 Å². The topological polar surface area (TPSA) is 110 Å². The van der Waals surface area contributed by atoms with Crippen molar-refractivity contribution in [3.63, 3.8) is 0 Å². The Morgan fingerprint density at radius 1 is 1.00 bits per heavy atom. The number of amides is 2. The van der Waals surface area contributed by atoms with Crippen molar-refractivity contribution in [2.45, 2.75) is 12.6 Å². The van der Waals surface area contributed by atoms with Crippen molar-refractivity contribution in [2.24, 2.45) is 0 Å². The summed E-state index contributed by atoms with van der Waals surface area (Å²) in [4.78, 5) is 36.5. The van der Waals surface area contributed by atoms with Crippen LogP contribution in [0.3, 0.4) is 0 Å². The van der Waals surface area contributed by atoms with Gasteiger partial charge in [-0.05, 0) is 29.8 Å². The Morgan fingerprint density at radius 3 is 2.44 bits per heavy atom. The lowest BCUT2D eigenvalue weighted by Gasteiger charge is -2.21. The third-order valence-corrected chi connectivity index (χ3v) is 6.05. The number of carbonyl (C=O) groups is 3. The minimum Gasteiger partial charge on any atom is -0.465 e. The number of nitrogens with one attached hydrogen (secondary N) is 2. The molecule has 0 bridgehead atoms. The number of methoxy groups -OCH3 is 1. The van der Waals surface area contributed by atoms with Crippen molar-refractivity contribution < 1.29 is 29.2 Å². The van der Waals surface area contributed by atoms with E-state index in [0.717, 1.165) is 15.6 Å². The number of hydrogen-bond donors (Lipinski definition) is 3. The van der Waals surface area contributed by atoms with Crippen molar-refractivity contribution in [3.8, 4) is 0 Å². The number of quaternary nitrogens is 1. The standard InChI is InChI=1S/C26H25BrClN3O5/c1-35-24(33)15-29-25(19-9-5-6-10-21(19)28)20-13-18(27)11-12-22(20)31-23(32)14-30-26(34)36-16-17-7-3-2-4-8-17/h2-13,25,29H,14-16H2,1H3,(H,30,34)(H,31,32)/p+1. The Labute approximate surface area is 222 Å². The van der Waals surface area contributed by atoms with Gasteiger partial charge in [0, 0.05) is 15.6 Å². The maximum absolute atomic E-state index is 12.7. The van der Waals surface area contributed by atoms with E-state index in [1.54, 1.807) is 23.5 Å². The fourth-order valence-electron chi connectivity index (χ4n) is 3.47. The van der Waals surface area contributed by atoms with Crippen LogP contribution in [-0.4, -0.2) is 38.2 Å². The van der Waals surface area contributed by atoms with Gasteiger partial charge < -0.3 is 25.4 Å². The molecule has 3 rings (SSSR count). The molecular weight excluding hydrogens is 550 g/mol. The van der Waals surface area contributed by atoms with E-state index in [9.17, 15) is 14.4 Å². The van der Waals surface area contributed by atoms with E-state index in [1.165, 1.54) is 7.11 Å². The molecule has 4 N–H and O–H groups in total. The molecule has 10 heteroatoms. The lowest BCUT2D eigenvalue weighted by molar-refractivity contribution is -0.677. The number of esters is 1. The Kier molecular flexibility index (Phi) is 10.3. The van der Waals surface area contributed by atoms with E-state index >= 15 is 0 Å². The molecule has 1 atom stereocenters. The van der Waals surface area contributed by atoms with Gasteiger partial charge in [-0.15, -0.1) is 0 Å². The number of rotatable bonds is 10. The van der Waals surface area contributed by atoms with Gasteiger partial charge in [-0.1, -0.05) is 76.1 Å². The first-order valence-corrected chi connectivity index (χ1v) is 12.2. The maximum atomic E-state index is 12.7. The van der Waals surface area contributed by atoms with Gasteiger partial charge in [0.25, 0.3) is 0 Å². The molecule has 0 spiro atoms. The van der Waals surface area contributed by atoms with Crippen LogP contribution in [0.1, 0.15) is 22.7 Å². The minimum absolute atomic E-state index is 0.0428. The van der Waals surface area contributed by atoms with Crippen LogP contribution in [-0.2, 0) is 25.7 Å². The number of alkyl carbamates (subject to hydrolysis) is 1. The van der Waals surface area contributed by atoms with Crippen molar-refractivity contribution in [1.82, 2.24) is 5.32 Å². The quantitative estimate of drug-likeness (QED) is 0.319. The number of anilines is 1. The van der Waals surface area contributed by atoms with Gasteiger partial charge in [-0.2, -0.15) is 0 Å². The number of ether oxygens (including phenoxy) is 2. The van der Waals surface area contributed by atoms with Crippen LogP contribution in [0.4, 0.5) is 10.5 Å². The lowest BCUT2D eigenvalue weighted by Crippen LogP contribution is -2.87. The average molecular weight is 576 g/mol. The first-order valence-electron chi connectivity index (χ1n) is 11.1. The number of halogens is 2. The van der Waals surface area contributed by atoms with Crippen LogP contribution in [0.15, 0.2) is 77.3 Å². The van der Waals surface area contributed by atoms with Gasteiger partial charge in [-0.3, -0.25) is 4.79 Å². The molecule has 3 aromatic rings. The highest BCUT2D eigenvalue weighted by Gasteiger charge is 2.25. The molecule has 3 aromatic carbocycles. The molecule has 2 amide bonds. The van der Waals surface area contributed by atoms with E-state index in [2.05, 4.69) is 26.6 Å². The predicted molar refractivity (Wildman–Crippen MR) is 140 cm³/mol. The van der Waals surface area contributed by atoms with Crippen molar-refractivity contribution in [3.05, 3.63) is 99.0 Å². The first kappa shape index (κ1) is 27.2. The molecule has 0 saturated heterocycles. The zero-order valence-corrected chi connectivity index (χ0v) is 21.8. The van der Waals surface area contributed by atoms with Gasteiger partial charge >= 0.3 is 12.1 Å². The highest BCUT2D eigenvalue weighted by molar-refractivity contribution is 9.10. The summed E-state index contributed by atoms with van der Waals surface area (Å²) in [5.41, 5.74) is 2.82. The van der Waals surface area contributed by atoms with E-state index in [4.69, 9.17) is 21.1 Å². The monoisotopic (exact) mass is 574 g/mol. The Hall–Kier alpha value is -3.40. The SMILES string of the molecule is COC(=O)C[NH2+]C(c1ccccc1Cl)c1cc(Br)ccc1NC(=O)CNC(=O)OCc1ccccc1. The molecule has 36 heavy (non-hydrogen) atoms. The van der Waals surface area contributed by atoms with Crippen LogP contribution in [0, 0.1) is 0 Å². The third kappa shape index (κ3) is 8.08. The van der Waals surface area contributed by atoms with Crippen LogP contribution in [0.25, 0.3) is 0 Å². The number of nitrogens with two attached hydrogens (primary N) is 1. The molecule has 0 fully saturated rings. The number of hydrogen-bond acceptors (Lipinski definition) is 5. The van der Waals surface area contributed by atoms with E-state index in [0.29, 0.717) is 16.3 Å². The summed E-state index contributed by atoms with van der Waals surface area (Å²) in [5, 5.41) is 7.58. The second kappa shape index (κ2) is 13.6. The Bertz CT molecular complexity index is 1210. The zero-order valence-electron chi connectivity index (χ0n) is 19.5. The number of benzene rings is 3. The molecule has 0 aliphatic heterocycles. The van der Waals surface area contributed by atoms with Crippen molar-refractivity contribution in [1.29, 1.82) is 0 Å². The predicted octanol–water partition coefficient (Wildman–Crippen LogP) is 3.79. The van der Waals surface area contributed by atoms with Crippen LogP contribution in [0.5, 0.6) is 0 Å². The summed E-state index contributed by atoms with van der Waals surface area (Å²) in [5.74, 6) is -0.841. The third-order valence-electron chi connectivity index (χ3n) is 5.22. The van der Waals surface area contributed by atoms with Gasteiger partial charge in [0.1, 0.15) is 19.2 Å². The summed E-state index contributed by atoms with van der Waals surface area (Å²) < 4.78 is 10.7. The summed E-state index contributed by atoms with van der Waals surface area (Å²) in [7, 11) is 1.32. The smallest absolute Gasteiger partial charge is 0.407 e. The Morgan fingerprint density at radius 2 is 1.72 bits per heavy atom. The molecule has 0 aromatic heterocycles. The summed E-state index contributed by atoms with van der Waals surface area (Å²) in [6.45, 7) is -0.145. The minimum atomic E-state index is -0.703. The second-order valence-corrected chi connectivity index (χ2v) is 9.03. The molecule has 0 heterocycles. The van der Waals surface area contributed by atoms with Crippen molar-refractivity contribution in [2.75, 3.05) is 25.5 Å². The van der Waals surface area contributed by atoms with Crippen molar-refractivity contribution >= 4 is 51.2 Å². The van der Waals surface area contributed by atoms with Gasteiger partial charge in [0.05, 0.1) is 17.8 Å². The molecule has 0 radical (unpaired) electrons. The molecule has 1 unspecified atom stereocenters. The Balaban J connectivity index is 1.72. The van der Waals surface area contributed by atoms with Crippen LogP contribution in [0.2, 0.25) is 5.02 Å². The van der Waals surface area contributed by atoms with E-state index < -0.39 is 24.0 Å². The summed E-state index contributed by atoms with van der Waals surface area (Å²) in [6, 6.07) is 21.5. The molecule has 188 valence electrons. The largest absolute Gasteiger partial charge is 0.465 e. The second-order valence-electron chi connectivity index (χ2n) is 7.71. The fourth-order valence-corrected chi connectivity index (χ4v) is 4.10. The van der Waals surface area contributed by atoms with Crippen LogP contribution < -0.4 is 16.0 Å². The lowest BCUT2D eigenvalue weighted by atomic mass is 9.96. The molecule has 0 saturated carbocycles. The first-order chi connectivity index (χ1) is 17.4. The average Bonchev–Trinajstić information content (AvgIpc) is 2.89. The molecule has 8 nitrogen and oxygen atoms in total. The maximum Gasteiger partial charge on any atom is 0.407 e. The molecule has 0 aliphatic carbocycles. The zero-order chi connectivity index (χ0) is 25.9. The fraction of sp³-hybridized carbons (Fsp3) is 0.192. The highest BCUT2D eigenvalue weighted by atomic mass is 79.9. The molecule has 0 aliphatic rings. The highest BCUT2D eigenvalue weighted by Crippen LogP contribution is 2.32. The molecular formula is C26H26BrClN3O5+.